The molecule has 0 aromatic carbocycles. The maximum Gasteiger partial charge on any atom is 0.433 e. The van der Waals surface area contributed by atoms with Crippen molar-refractivity contribution in [2.45, 2.75) is 26.1 Å². The van der Waals surface area contributed by atoms with Gasteiger partial charge in [0.25, 0.3) is 5.91 Å². The standard InChI is InChI=1S/C12H14F3N3O2/c1-7(2)18-10(19)6-17-11(20)8-3-4-9(16-5-8)12(13,14)15/h3-5,7H,6H2,1-2H3,(H,17,20)(H,18,19). The van der Waals surface area contributed by atoms with E-state index in [-0.39, 0.29) is 24.1 Å². The van der Waals surface area contributed by atoms with Crippen LogP contribution in [0.4, 0.5) is 13.2 Å². The monoisotopic (exact) mass is 289 g/mol. The average molecular weight is 289 g/mol. The van der Waals surface area contributed by atoms with E-state index in [0.29, 0.717) is 6.07 Å². The summed E-state index contributed by atoms with van der Waals surface area (Å²) >= 11 is 0. The maximum atomic E-state index is 12.3. The number of hydrogen-bond acceptors (Lipinski definition) is 3. The Labute approximate surface area is 113 Å². The molecule has 2 N–H and O–H groups in total. The highest BCUT2D eigenvalue weighted by Crippen LogP contribution is 2.27. The summed E-state index contributed by atoms with van der Waals surface area (Å²) in [4.78, 5) is 26.0. The van der Waals surface area contributed by atoms with Gasteiger partial charge in [-0.25, -0.2) is 0 Å². The van der Waals surface area contributed by atoms with Crippen molar-refractivity contribution in [3.63, 3.8) is 0 Å². The molecule has 0 bridgehead atoms. The highest BCUT2D eigenvalue weighted by molar-refractivity contribution is 5.96. The van der Waals surface area contributed by atoms with Gasteiger partial charge in [-0.05, 0) is 26.0 Å². The smallest absolute Gasteiger partial charge is 0.352 e. The van der Waals surface area contributed by atoms with E-state index in [1.807, 2.05) is 0 Å². The SMILES string of the molecule is CC(C)NC(=O)CNC(=O)c1ccc(C(F)(F)F)nc1. The fraction of sp³-hybridized carbons (Fsp3) is 0.417. The Morgan fingerprint density at radius 2 is 1.95 bits per heavy atom. The minimum absolute atomic E-state index is 0.0460. The Hall–Kier alpha value is -2.12. The number of nitrogens with zero attached hydrogens (tertiary/aromatic N) is 1. The molecule has 1 aromatic rings. The van der Waals surface area contributed by atoms with Crippen LogP contribution in [0.15, 0.2) is 18.3 Å². The van der Waals surface area contributed by atoms with E-state index in [2.05, 4.69) is 15.6 Å². The number of rotatable bonds is 4. The van der Waals surface area contributed by atoms with Crippen LogP contribution in [0.3, 0.4) is 0 Å². The first kappa shape index (κ1) is 15.9. The van der Waals surface area contributed by atoms with Crippen LogP contribution in [0.5, 0.6) is 0 Å². The van der Waals surface area contributed by atoms with Gasteiger partial charge in [0.1, 0.15) is 5.69 Å². The van der Waals surface area contributed by atoms with Crippen LogP contribution >= 0.6 is 0 Å². The van der Waals surface area contributed by atoms with Gasteiger partial charge in [0.05, 0.1) is 12.1 Å². The van der Waals surface area contributed by atoms with Crippen molar-refractivity contribution in [2.75, 3.05) is 6.54 Å². The molecular formula is C12H14F3N3O2. The lowest BCUT2D eigenvalue weighted by molar-refractivity contribution is -0.141. The quantitative estimate of drug-likeness (QED) is 0.879. The zero-order chi connectivity index (χ0) is 15.3. The summed E-state index contributed by atoms with van der Waals surface area (Å²) < 4.78 is 36.8. The molecule has 0 aliphatic rings. The first-order valence-corrected chi connectivity index (χ1v) is 5.81. The van der Waals surface area contributed by atoms with Crippen molar-refractivity contribution in [1.29, 1.82) is 0 Å². The lowest BCUT2D eigenvalue weighted by atomic mass is 10.2. The Balaban J connectivity index is 2.58. The molecule has 0 saturated heterocycles. The van der Waals surface area contributed by atoms with Crippen molar-refractivity contribution in [2.24, 2.45) is 0 Å². The summed E-state index contributed by atoms with van der Waals surface area (Å²) in [6.07, 6.45) is -3.73. The van der Waals surface area contributed by atoms with E-state index in [0.717, 1.165) is 12.3 Å². The molecule has 0 aliphatic heterocycles. The molecule has 0 aliphatic carbocycles. The fourth-order valence-corrected chi connectivity index (χ4v) is 1.33. The van der Waals surface area contributed by atoms with Crippen LogP contribution in [0.1, 0.15) is 29.9 Å². The lowest BCUT2D eigenvalue weighted by Gasteiger charge is -2.09. The van der Waals surface area contributed by atoms with E-state index in [9.17, 15) is 22.8 Å². The largest absolute Gasteiger partial charge is 0.433 e. The third kappa shape index (κ3) is 4.87. The van der Waals surface area contributed by atoms with Gasteiger partial charge in [-0.15, -0.1) is 0 Å². The van der Waals surface area contributed by atoms with Crippen LogP contribution < -0.4 is 10.6 Å². The Morgan fingerprint density at radius 3 is 2.40 bits per heavy atom. The van der Waals surface area contributed by atoms with Crippen LogP contribution in [0, 0.1) is 0 Å². The molecule has 0 spiro atoms. The molecule has 1 rings (SSSR count). The number of halogens is 3. The molecule has 0 saturated carbocycles. The number of alkyl halides is 3. The second-order valence-electron chi connectivity index (χ2n) is 4.33. The maximum absolute atomic E-state index is 12.3. The van der Waals surface area contributed by atoms with Gasteiger partial charge in [0.2, 0.25) is 5.91 Å². The van der Waals surface area contributed by atoms with Crippen molar-refractivity contribution >= 4 is 11.8 Å². The molecule has 1 aromatic heterocycles. The third-order valence-electron chi connectivity index (χ3n) is 2.18. The highest BCUT2D eigenvalue weighted by Gasteiger charge is 2.32. The van der Waals surface area contributed by atoms with Gasteiger partial charge in [-0.1, -0.05) is 0 Å². The number of hydrogen-bond donors (Lipinski definition) is 2. The van der Waals surface area contributed by atoms with E-state index in [4.69, 9.17) is 0 Å². The second kappa shape index (κ2) is 6.36. The van der Waals surface area contributed by atoms with Gasteiger partial charge in [-0.2, -0.15) is 13.2 Å². The fourth-order valence-electron chi connectivity index (χ4n) is 1.33. The average Bonchev–Trinajstić information content (AvgIpc) is 2.34. The number of carbonyl (C=O) groups excluding carboxylic acids is 2. The van der Waals surface area contributed by atoms with Crippen molar-refractivity contribution in [3.8, 4) is 0 Å². The zero-order valence-corrected chi connectivity index (χ0v) is 10.9. The Bertz CT molecular complexity index is 484. The number of pyridine rings is 1. The first-order valence-electron chi connectivity index (χ1n) is 5.81. The van der Waals surface area contributed by atoms with Crippen molar-refractivity contribution in [1.82, 2.24) is 15.6 Å². The summed E-state index contributed by atoms with van der Waals surface area (Å²) in [5.41, 5.74) is -1.12. The summed E-state index contributed by atoms with van der Waals surface area (Å²) in [6, 6.07) is 1.65. The molecule has 110 valence electrons. The predicted molar refractivity (Wildman–Crippen MR) is 64.9 cm³/mol. The summed E-state index contributed by atoms with van der Waals surface area (Å²) in [5.74, 6) is -1.04. The van der Waals surface area contributed by atoms with Crippen molar-refractivity contribution < 1.29 is 22.8 Å². The molecular weight excluding hydrogens is 275 g/mol. The van der Waals surface area contributed by atoms with E-state index < -0.39 is 17.8 Å². The lowest BCUT2D eigenvalue weighted by Crippen LogP contribution is -2.39. The highest BCUT2D eigenvalue weighted by atomic mass is 19.4. The normalized spacial score (nSPS) is 11.3. The second-order valence-corrected chi connectivity index (χ2v) is 4.33. The number of carbonyl (C=O) groups is 2. The number of aromatic nitrogens is 1. The zero-order valence-electron chi connectivity index (χ0n) is 10.9. The number of nitrogens with one attached hydrogen (secondary N) is 2. The van der Waals surface area contributed by atoms with Gasteiger partial charge in [0.15, 0.2) is 0 Å². The van der Waals surface area contributed by atoms with Crippen LogP contribution in [0.25, 0.3) is 0 Å². The molecule has 5 nitrogen and oxygen atoms in total. The van der Waals surface area contributed by atoms with Gasteiger partial charge in [-0.3, -0.25) is 14.6 Å². The van der Waals surface area contributed by atoms with Crippen LogP contribution in [0.2, 0.25) is 0 Å². The summed E-state index contributed by atoms with van der Waals surface area (Å²) in [7, 11) is 0. The molecule has 20 heavy (non-hydrogen) atoms. The van der Waals surface area contributed by atoms with E-state index in [1.54, 1.807) is 13.8 Å². The topological polar surface area (TPSA) is 71.1 Å². The Kier molecular flexibility index (Phi) is 5.06. The molecule has 0 fully saturated rings. The van der Waals surface area contributed by atoms with E-state index in [1.165, 1.54) is 0 Å². The molecule has 0 atom stereocenters. The van der Waals surface area contributed by atoms with Gasteiger partial charge in [0, 0.05) is 12.2 Å². The predicted octanol–water partition coefficient (Wildman–Crippen LogP) is 1.35. The molecule has 1 heterocycles. The number of amides is 2. The first-order chi connectivity index (χ1) is 9.20. The molecule has 0 unspecified atom stereocenters. The van der Waals surface area contributed by atoms with Gasteiger partial charge < -0.3 is 10.6 Å². The third-order valence-corrected chi connectivity index (χ3v) is 2.18. The minimum Gasteiger partial charge on any atom is -0.352 e. The van der Waals surface area contributed by atoms with Crippen molar-refractivity contribution in [3.05, 3.63) is 29.6 Å². The van der Waals surface area contributed by atoms with Gasteiger partial charge >= 0.3 is 6.18 Å². The van der Waals surface area contributed by atoms with Crippen LogP contribution in [-0.4, -0.2) is 29.4 Å². The minimum atomic E-state index is -4.55. The van der Waals surface area contributed by atoms with Crippen LogP contribution in [-0.2, 0) is 11.0 Å². The molecule has 8 heteroatoms. The molecule has 2 amide bonds. The van der Waals surface area contributed by atoms with E-state index >= 15 is 0 Å². The molecule has 0 radical (unpaired) electrons. The summed E-state index contributed by atoms with van der Waals surface area (Å²) in [6.45, 7) is 3.27. The summed E-state index contributed by atoms with van der Waals surface area (Å²) in [5, 5.41) is 4.85. The Morgan fingerprint density at radius 1 is 1.30 bits per heavy atom.